The van der Waals surface area contributed by atoms with E-state index in [0.717, 1.165) is 77.0 Å². The van der Waals surface area contributed by atoms with E-state index in [1.807, 2.05) is 0 Å². The standard InChI is InChI=1S/C55H96O5/c1-3-5-7-9-11-13-15-17-19-21-22-23-24-25-26-27-28-29-30-31-32-34-36-38-40-42-44-46-48-50-55(58)60-53(51-56)52-59-54(57)49-47-45-43-41-39-37-35-33-20-18-16-14-12-10-8-6-4-2/h5,7,11,13,17,19,22-23,25-26,28-29,53,56H,3-4,6,8-10,12,14-16,18,20-21,24,27,30-52H2,1-2H3/b7-5-,13-11-,19-17-,23-22-,26-25-,29-28-. The monoisotopic (exact) mass is 837 g/mol. The Labute approximate surface area is 372 Å². The van der Waals surface area contributed by atoms with Crippen LogP contribution in [0.5, 0.6) is 0 Å². The summed E-state index contributed by atoms with van der Waals surface area (Å²) in [6.45, 7) is 4.04. The SMILES string of the molecule is CC/C=C\C/C=C\C/C=C\C/C=C\C/C=C\C/C=C\CCCCCCCCCCCCC(=O)OC(CO)COC(=O)CCCCCCCCCCCCCCCCCCC. The molecule has 5 heteroatoms. The Morgan fingerprint density at radius 2 is 0.717 bits per heavy atom. The molecule has 0 aromatic rings. The van der Waals surface area contributed by atoms with Crippen LogP contribution in [0.3, 0.4) is 0 Å². The number of unbranched alkanes of at least 4 members (excludes halogenated alkanes) is 26. The minimum absolute atomic E-state index is 0.0669. The predicted octanol–water partition coefficient (Wildman–Crippen LogP) is 16.9. The predicted molar refractivity (Wildman–Crippen MR) is 260 cm³/mol. The Morgan fingerprint density at radius 3 is 1.08 bits per heavy atom. The molecule has 0 rings (SSSR count). The van der Waals surface area contributed by atoms with Gasteiger partial charge in [-0.15, -0.1) is 0 Å². The lowest BCUT2D eigenvalue weighted by Gasteiger charge is -2.15. The molecule has 0 aliphatic carbocycles. The Kier molecular flexibility index (Phi) is 48.4. The molecule has 0 aliphatic heterocycles. The molecule has 0 amide bonds. The molecule has 1 atom stereocenters. The zero-order valence-corrected chi connectivity index (χ0v) is 39.5. The first-order chi connectivity index (χ1) is 29.6. The fourth-order valence-electron chi connectivity index (χ4n) is 7.21. The van der Waals surface area contributed by atoms with E-state index >= 15 is 0 Å². The van der Waals surface area contributed by atoms with E-state index < -0.39 is 6.10 Å². The van der Waals surface area contributed by atoms with Crippen molar-refractivity contribution < 1.29 is 24.2 Å². The number of aliphatic hydroxyl groups is 1. The Morgan fingerprint density at radius 1 is 0.400 bits per heavy atom. The lowest BCUT2D eigenvalue weighted by atomic mass is 10.0. The second-order valence-corrected chi connectivity index (χ2v) is 16.9. The molecule has 0 spiro atoms. The smallest absolute Gasteiger partial charge is 0.306 e. The third-order valence-electron chi connectivity index (χ3n) is 11.0. The van der Waals surface area contributed by atoms with E-state index in [2.05, 4.69) is 86.8 Å². The van der Waals surface area contributed by atoms with Gasteiger partial charge in [0.15, 0.2) is 6.10 Å². The van der Waals surface area contributed by atoms with E-state index in [1.165, 1.54) is 141 Å². The maximum atomic E-state index is 12.3. The maximum absolute atomic E-state index is 12.3. The number of hydrogen-bond acceptors (Lipinski definition) is 5. The average Bonchev–Trinajstić information content (AvgIpc) is 3.25. The third-order valence-corrected chi connectivity index (χ3v) is 11.0. The van der Waals surface area contributed by atoms with Crippen LogP contribution in [0.15, 0.2) is 72.9 Å². The lowest BCUT2D eigenvalue weighted by Crippen LogP contribution is -2.28. The van der Waals surface area contributed by atoms with E-state index in [0.29, 0.717) is 12.8 Å². The molecule has 0 aromatic heterocycles. The number of allylic oxidation sites excluding steroid dienone is 12. The summed E-state index contributed by atoms with van der Waals surface area (Å²) in [6.07, 6.45) is 68.5. The highest BCUT2D eigenvalue weighted by molar-refractivity contribution is 5.70. The molecular formula is C55H96O5. The zero-order chi connectivity index (χ0) is 43.5. The van der Waals surface area contributed by atoms with Crippen LogP contribution in [0.1, 0.15) is 245 Å². The van der Waals surface area contributed by atoms with Gasteiger partial charge in [0.05, 0.1) is 6.61 Å². The highest BCUT2D eigenvalue weighted by Gasteiger charge is 2.16. The van der Waals surface area contributed by atoms with Crippen molar-refractivity contribution in [1.82, 2.24) is 0 Å². The normalized spacial score (nSPS) is 12.8. The van der Waals surface area contributed by atoms with Gasteiger partial charge in [0.25, 0.3) is 0 Å². The topological polar surface area (TPSA) is 72.8 Å². The summed E-state index contributed by atoms with van der Waals surface area (Å²) in [5, 5.41) is 9.62. The Hall–Kier alpha value is -2.66. The van der Waals surface area contributed by atoms with Crippen molar-refractivity contribution in [3.63, 3.8) is 0 Å². The van der Waals surface area contributed by atoms with Crippen LogP contribution >= 0.6 is 0 Å². The molecule has 0 aliphatic rings. The van der Waals surface area contributed by atoms with Gasteiger partial charge in [-0.2, -0.15) is 0 Å². The van der Waals surface area contributed by atoms with Crippen LogP contribution in [-0.4, -0.2) is 36.4 Å². The summed E-state index contributed by atoms with van der Waals surface area (Å²) in [4.78, 5) is 24.4. The van der Waals surface area contributed by atoms with E-state index in [4.69, 9.17) is 9.47 Å². The molecule has 1 unspecified atom stereocenters. The summed E-state index contributed by atoms with van der Waals surface area (Å²) in [7, 11) is 0. The lowest BCUT2D eigenvalue weighted by molar-refractivity contribution is -0.161. The first-order valence-corrected chi connectivity index (χ1v) is 25.5. The van der Waals surface area contributed by atoms with Crippen molar-refractivity contribution >= 4 is 11.9 Å². The van der Waals surface area contributed by atoms with E-state index in [-0.39, 0.29) is 25.2 Å². The number of hydrogen-bond donors (Lipinski definition) is 1. The van der Waals surface area contributed by atoms with Gasteiger partial charge in [0.2, 0.25) is 0 Å². The molecule has 0 bridgehead atoms. The second-order valence-electron chi connectivity index (χ2n) is 16.9. The number of rotatable bonds is 46. The van der Waals surface area contributed by atoms with Gasteiger partial charge in [0, 0.05) is 12.8 Å². The van der Waals surface area contributed by atoms with Gasteiger partial charge in [-0.05, 0) is 64.2 Å². The molecule has 5 nitrogen and oxygen atoms in total. The molecule has 0 fully saturated rings. The van der Waals surface area contributed by atoms with Crippen molar-refractivity contribution in [2.24, 2.45) is 0 Å². The van der Waals surface area contributed by atoms with Gasteiger partial charge in [-0.1, -0.05) is 241 Å². The molecule has 60 heavy (non-hydrogen) atoms. The average molecular weight is 837 g/mol. The minimum Gasteiger partial charge on any atom is -0.462 e. The summed E-state index contributed by atoms with van der Waals surface area (Å²) >= 11 is 0. The first-order valence-electron chi connectivity index (χ1n) is 25.5. The van der Waals surface area contributed by atoms with Gasteiger partial charge >= 0.3 is 11.9 Å². The minimum atomic E-state index is -0.775. The highest BCUT2D eigenvalue weighted by atomic mass is 16.6. The van der Waals surface area contributed by atoms with Crippen molar-refractivity contribution in [3.8, 4) is 0 Å². The van der Waals surface area contributed by atoms with Crippen LogP contribution in [0, 0.1) is 0 Å². The Bertz CT molecular complexity index is 1080. The quantitative estimate of drug-likeness (QED) is 0.0376. The molecule has 0 aromatic carbocycles. The van der Waals surface area contributed by atoms with Crippen molar-refractivity contribution in [3.05, 3.63) is 72.9 Å². The van der Waals surface area contributed by atoms with E-state index in [1.54, 1.807) is 0 Å². The van der Waals surface area contributed by atoms with Gasteiger partial charge < -0.3 is 14.6 Å². The largest absolute Gasteiger partial charge is 0.462 e. The summed E-state index contributed by atoms with van der Waals surface area (Å²) < 4.78 is 10.7. The fourth-order valence-corrected chi connectivity index (χ4v) is 7.21. The summed E-state index contributed by atoms with van der Waals surface area (Å²) in [5.41, 5.74) is 0. The van der Waals surface area contributed by atoms with Crippen molar-refractivity contribution in [1.29, 1.82) is 0 Å². The van der Waals surface area contributed by atoms with Crippen molar-refractivity contribution in [2.75, 3.05) is 13.2 Å². The van der Waals surface area contributed by atoms with Crippen molar-refractivity contribution in [2.45, 2.75) is 251 Å². The molecule has 1 N–H and O–H groups in total. The fraction of sp³-hybridized carbons (Fsp3) is 0.745. The first kappa shape index (κ1) is 57.3. The number of esters is 2. The van der Waals surface area contributed by atoms with Gasteiger partial charge in [-0.3, -0.25) is 9.59 Å². The summed E-state index contributed by atoms with van der Waals surface area (Å²) in [5.74, 6) is -0.589. The van der Waals surface area contributed by atoms with Gasteiger partial charge in [0.1, 0.15) is 6.61 Å². The molecule has 0 heterocycles. The van der Waals surface area contributed by atoms with Crippen LogP contribution in [0.2, 0.25) is 0 Å². The van der Waals surface area contributed by atoms with Crippen LogP contribution < -0.4 is 0 Å². The molecule has 0 radical (unpaired) electrons. The molecule has 0 saturated heterocycles. The van der Waals surface area contributed by atoms with Crippen LogP contribution in [0.4, 0.5) is 0 Å². The van der Waals surface area contributed by atoms with Crippen LogP contribution in [0.25, 0.3) is 0 Å². The zero-order valence-electron chi connectivity index (χ0n) is 39.5. The van der Waals surface area contributed by atoms with Gasteiger partial charge in [-0.25, -0.2) is 0 Å². The number of ether oxygens (including phenoxy) is 2. The number of carbonyl (C=O) groups excluding carboxylic acids is 2. The molecular weight excluding hydrogens is 741 g/mol. The maximum Gasteiger partial charge on any atom is 0.306 e. The number of aliphatic hydroxyl groups excluding tert-OH is 1. The van der Waals surface area contributed by atoms with Crippen LogP contribution in [-0.2, 0) is 19.1 Å². The second kappa shape index (κ2) is 50.7. The Balaban J connectivity index is 3.53. The molecule has 346 valence electrons. The molecule has 0 saturated carbocycles. The number of carbonyl (C=O) groups is 2. The third kappa shape index (κ3) is 48.0. The highest BCUT2D eigenvalue weighted by Crippen LogP contribution is 2.16. The summed E-state index contributed by atoms with van der Waals surface area (Å²) in [6, 6.07) is 0. The van der Waals surface area contributed by atoms with E-state index in [9.17, 15) is 14.7 Å².